The van der Waals surface area contributed by atoms with Gasteiger partial charge in [-0.2, -0.15) is 0 Å². The van der Waals surface area contributed by atoms with E-state index in [4.69, 9.17) is 14.2 Å². The molecule has 3 aliphatic rings. The zero-order valence-electron chi connectivity index (χ0n) is 23.9. The first-order chi connectivity index (χ1) is 20.9. The number of fused-ring (bicyclic) bond motifs is 5. The van der Waals surface area contributed by atoms with E-state index >= 15 is 0 Å². The van der Waals surface area contributed by atoms with Crippen LogP contribution >= 0.6 is 0 Å². The van der Waals surface area contributed by atoms with Crippen LogP contribution in [0.25, 0.3) is 6.08 Å². The predicted molar refractivity (Wildman–Crippen MR) is 163 cm³/mol. The Bertz CT molecular complexity index is 1810. The van der Waals surface area contributed by atoms with E-state index in [9.17, 15) is 14.4 Å². The molecule has 1 fully saturated rings. The lowest BCUT2D eigenvalue weighted by atomic mass is 9.64. The standard InChI is InChI=1S/C36H29NO6/c1-41-23-11-8-10-22(19-23)33(38)32-31(27-20-24(42-2)16-17-29(27)43-3)36(34(39)25-12-5-6-13-26(25)35(36)40)30-18-15-21-9-4-7-14-28(21)37(30)32/h4-20,30-32H,1-3H3/t30-,31-,32+/m1/s1. The third-order valence-corrected chi connectivity index (χ3v) is 9.11. The van der Waals surface area contributed by atoms with Gasteiger partial charge in [0.2, 0.25) is 0 Å². The van der Waals surface area contributed by atoms with Crippen LogP contribution in [0.1, 0.15) is 48.1 Å². The maximum absolute atomic E-state index is 14.9. The maximum atomic E-state index is 14.9. The molecule has 1 saturated heterocycles. The molecule has 3 atom stereocenters. The number of nitrogens with zero attached hydrogens (tertiary/aromatic N) is 1. The van der Waals surface area contributed by atoms with Crippen molar-refractivity contribution in [2.24, 2.45) is 5.41 Å². The van der Waals surface area contributed by atoms with Crippen LogP contribution < -0.4 is 19.1 Å². The summed E-state index contributed by atoms with van der Waals surface area (Å²) in [6.45, 7) is 0. The molecular weight excluding hydrogens is 542 g/mol. The van der Waals surface area contributed by atoms with Crippen molar-refractivity contribution < 1.29 is 28.6 Å². The van der Waals surface area contributed by atoms with Crippen molar-refractivity contribution in [2.45, 2.75) is 18.0 Å². The lowest BCUT2D eigenvalue weighted by Gasteiger charge is -2.37. The van der Waals surface area contributed by atoms with E-state index in [0.717, 1.165) is 11.3 Å². The highest BCUT2D eigenvalue weighted by Gasteiger charge is 2.72. The van der Waals surface area contributed by atoms with Crippen molar-refractivity contribution in [3.63, 3.8) is 0 Å². The number of carbonyl (C=O) groups is 3. The molecule has 43 heavy (non-hydrogen) atoms. The fraction of sp³-hybridized carbons (Fsp3) is 0.194. The van der Waals surface area contributed by atoms with Crippen LogP contribution in [0.2, 0.25) is 0 Å². The number of ether oxygens (including phenoxy) is 3. The van der Waals surface area contributed by atoms with Gasteiger partial charge >= 0.3 is 0 Å². The monoisotopic (exact) mass is 571 g/mol. The van der Waals surface area contributed by atoms with E-state index in [-0.39, 0.29) is 17.3 Å². The number of hydrogen-bond donors (Lipinski definition) is 0. The highest BCUT2D eigenvalue weighted by Crippen LogP contribution is 2.62. The number of carbonyl (C=O) groups excluding carboxylic acids is 3. The van der Waals surface area contributed by atoms with E-state index < -0.39 is 23.4 Å². The van der Waals surface area contributed by atoms with E-state index in [0.29, 0.717) is 39.5 Å². The Morgan fingerprint density at radius 2 is 1.42 bits per heavy atom. The second kappa shape index (κ2) is 9.98. The number of hydrogen-bond acceptors (Lipinski definition) is 7. The molecule has 0 amide bonds. The molecule has 214 valence electrons. The molecule has 0 aromatic heterocycles. The highest BCUT2D eigenvalue weighted by atomic mass is 16.5. The van der Waals surface area contributed by atoms with Gasteiger partial charge in [0.1, 0.15) is 28.7 Å². The van der Waals surface area contributed by atoms with Gasteiger partial charge in [-0.3, -0.25) is 14.4 Å². The first-order valence-electron chi connectivity index (χ1n) is 14.1. The van der Waals surface area contributed by atoms with Crippen LogP contribution in [0.4, 0.5) is 5.69 Å². The molecule has 2 aliphatic heterocycles. The summed E-state index contributed by atoms with van der Waals surface area (Å²) in [6, 6.07) is 25.3. The Balaban J connectivity index is 1.58. The Kier molecular flexibility index (Phi) is 6.20. The molecule has 7 heteroatoms. The van der Waals surface area contributed by atoms with Crippen molar-refractivity contribution in [3.05, 3.63) is 125 Å². The number of benzene rings is 4. The van der Waals surface area contributed by atoms with Gasteiger partial charge in [-0.05, 0) is 42.0 Å². The summed E-state index contributed by atoms with van der Waals surface area (Å²) in [4.78, 5) is 46.6. The van der Waals surface area contributed by atoms with Crippen molar-refractivity contribution in [1.82, 2.24) is 0 Å². The molecule has 0 N–H and O–H groups in total. The Morgan fingerprint density at radius 1 is 0.744 bits per heavy atom. The molecule has 4 aromatic rings. The number of anilines is 1. The van der Waals surface area contributed by atoms with Crippen LogP contribution in [-0.2, 0) is 0 Å². The van der Waals surface area contributed by atoms with E-state index in [1.54, 1.807) is 88.1 Å². The zero-order chi connectivity index (χ0) is 29.9. The first kappa shape index (κ1) is 26.7. The summed E-state index contributed by atoms with van der Waals surface area (Å²) in [6.07, 6.45) is 3.85. The number of rotatable bonds is 6. The van der Waals surface area contributed by atoms with Crippen molar-refractivity contribution >= 4 is 29.1 Å². The number of para-hydroxylation sites is 1. The summed E-state index contributed by atoms with van der Waals surface area (Å²) in [7, 11) is 4.65. The van der Waals surface area contributed by atoms with Crippen molar-refractivity contribution in [2.75, 3.05) is 26.2 Å². The topological polar surface area (TPSA) is 82.1 Å². The Labute approximate surface area is 249 Å². The van der Waals surface area contributed by atoms with E-state index in [1.165, 1.54) is 0 Å². The lowest BCUT2D eigenvalue weighted by molar-refractivity contribution is 0.0664. The summed E-state index contributed by atoms with van der Waals surface area (Å²) in [5, 5.41) is 0. The van der Waals surface area contributed by atoms with Crippen molar-refractivity contribution in [3.8, 4) is 17.2 Å². The minimum absolute atomic E-state index is 0.239. The molecule has 0 unspecified atom stereocenters. The van der Waals surface area contributed by atoms with E-state index in [2.05, 4.69) is 0 Å². The van der Waals surface area contributed by atoms with Gasteiger partial charge in [-0.15, -0.1) is 0 Å². The molecule has 7 nitrogen and oxygen atoms in total. The zero-order valence-corrected chi connectivity index (χ0v) is 23.9. The van der Waals surface area contributed by atoms with Gasteiger partial charge in [0, 0.05) is 33.9 Å². The third-order valence-electron chi connectivity index (χ3n) is 9.11. The van der Waals surface area contributed by atoms with Gasteiger partial charge in [0.15, 0.2) is 17.3 Å². The molecule has 0 bridgehead atoms. The minimum atomic E-state index is -1.65. The number of ketones is 3. The molecule has 2 heterocycles. The van der Waals surface area contributed by atoms with E-state index in [1.807, 2.05) is 41.3 Å². The second-order valence-corrected chi connectivity index (χ2v) is 11.0. The highest BCUT2D eigenvalue weighted by molar-refractivity contribution is 6.32. The van der Waals surface area contributed by atoms with Gasteiger partial charge in [-0.1, -0.05) is 66.7 Å². The first-order valence-corrected chi connectivity index (χ1v) is 14.1. The summed E-state index contributed by atoms with van der Waals surface area (Å²) < 4.78 is 16.9. The number of Topliss-reactive ketones (excluding diaryl/α,β-unsaturated/α-hetero) is 3. The van der Waals surface area contributed by atoms with Crippen LogP contribution in [-0.4, -0.2) is 50.8 Å². The van der Waals surface area contributed by atoms with Crippen LogP contribution in [0.3, 0.4) is 0 Å². The molecule has 4 aromatic carbocycles. The maximum Gasteiger partial charge on any atom is 0.186 e. The number of methoxy groups -OCH3 is 3. The van der Waals surface area contributed by atoms with Crippen LogP contribution in [0.15, 0.2) is 97.1 Å². The molecule has 1 aliphatic carbocycles. The van der Waals surface area contributed by atoms with Gasteiger partial charge in [-0.25, -0.2) is 0 Å². The normalized spacial score (nSPS) is 20.9. The predicted octanol–water partition coefficient (Wildman–Crippen LogP) is 6.03. The molecule has 7 rings (SSSR count). The summed E-state index contributed by atoms with van der Waals surface area (Å²) in [5.74, 6) is -0.255. The van der Waals surface area contributed by atoms with Crippen LogP contribution in [0.5, 0.6) is 17.2 Å². The fourth-order valence-corrected chi connectivity index (χ4v) is 7.29. The largest absolute Gasteiger partial charge is 0.497 e. The van der Waals surface area contributed by atoms with Gasteiger partial charge in [0.05, 0.1) is 27.4 Å². The third kappa shape index (κ3) is 3.64. The van der Waals surface area contributed by atoms with Gasteiger partial charge in [0.25, 0.3) is 0 Å². The molecular formula is C36H29NO6. The smallest absolute Gasteiger partial charge is 0.186 e. The van der Waals surface area contributed by atoms with Gasteiger partial charge < -0.3 is 19.1 Å². The molecule has 0 radical (unpaired) electrons. The fourth-order valence-electron chi connectivity index (χ4n) is 7.29. The summed E-state index contributed by atoms with van der Waals surface area (Å²) >= 11 is 0. The Morgan fingerprint density at radius 3 is 2.12 bits per heavy atom. The minimum Gasteiger partial charge on any atom is -0.497 e. The average Bonchev–Trinajstić information content (AvgIpc) is 3.50. The SMILES string of the molecule is COc1cccc(C(=O)[C@@H]2[C@@H](c3cc(OC)ccc3OC)C3(C(=O)c4ccccc4C3=O)[C@H]3C=Cc4ccccc4N23)c1. The van der Waals surface area contributed by atoms with Crippen LogP contribution in [0, 0.1) is 5.41 Å². The molecule has 0 saturated carbocycles. The quantitative estimate of drug-likeness (QED) is 0.207. The van der Waals surface area contributed by atoms with Crippen molar-refractivity contribution in [1.29, 1.82) is 0 Å². The Hall–Kier alpha value is -5.17. The average molecular weight is 572 g/mol. The second-order valence-electron chi connectivity index (χ2n) is 11.0. The lowest BCUT2D eigenvalue weighted by Crippen LogP contribution is -2.48. The summed E-state index contributed by atoms with van der Waals surface area (Å²) in [5.41, 5.74) is 1.71. The molecule has 1 spiro atoms.